The topological polar surface area (TPSA) is 98.6 Å². The minimum absolute atomic E-state index is 0.131. The number of hydrogen-bond acceptors (Lipinski definition) is 6. The van der Waals surface area contributed by atoms with Crippen molar-refractivity contribution in [2.45, 2.75) is 25.2 Å². The second-order valence-electron chi connectivity index (χ2n) is 7.93. The third kappa shape index (κ3) is 3.63. The molecule has 170 valence electrons. The van der Waals surface area contributed by atoms with Gasteiger partial charge in [-0.3, -0.25) is 14.2 Å². The number of amides is 1. The number of morpholine rings is 1. The Morgan fingerprint density at radius 3 is 2.70 bits per heavy atom. The highest BCUT2D eigenvalue weighted by molar-refractivity contribution is 5.98. The first-order chi connectivity index (χ1) is 15.7. The Hall–Kier alpha value is -3.73. The van der Waals surface area contributed by atoms with Gasteiger partial charge >= 0.3 is 6.18 Å². The molecule has 1 saturated heterocycles. The van der Waals surface area contributed by atoms with E-state index >= 15 is 0 Å². The first kappa shape index (κ1) is 21.1. The largest absolute Gasteiger partial charge is 0.417 e. The SMILES string of the molecule is C[C@@H]1COC[C@H](c2ccc(C(F)(F)F)cn2)N1C(=O)c1ccc2nc(N)c3cncn3c2c1. The number of rotatable bonds is 2. The summed E-state index contributed by atoms with van der Waals surface area (Å²) < 4.78 is 46.2. The normalized spacial score (nSPS) is 19.3. The number of nitrogens with two attached hydrogens (primary N) is 1. The van der Waals surface area contributed by atoms with E-state index in [2.05, 4.69) is 15.0 Å². The van der Waals surface area contributed by atoms with Crippen molar-refractivity contribution >= 4 is 28.3 Å². The van der Waals surface area contributed by atoms with Gasteiger partial charge in [0.05, 0.1) is 60.1 Å². The molecular weight excluding hydrogens is 437 g/mol. The van der Waals surface area contributed by atoms with Crippen molar-refractivity contribution in [3.8, 4) is 0 Å². The molecule has 3 aromatic heterocycles. The molecule has 4 heterocycles. The maximum Gasteiger partial charge on any atom is 0.417 e. The molecular formula is C22H19F3N6O2. The average molecular weight is 456 g/mol. The number of nitrogens with zero attached hydrogens (tertiary/aromatic N) is 5. The number of hydrogen-bond donors (Lipinski definition) is 1. The molecule has 5 rings (SSSR count). The number of alkyl halides is 3. The van der Waals surface area contributed by atoms with Gasteiger partial charge in [0.25, 0.3) is 5.91 Å². The monoisotopic (exact) mass is 456 g/mol. The molecule has 33 heavy (non-hydrogen) atoms. The summed E-state index contributed by atoms with van der Waals surface area (Å²) in [6.45, 7) is 2.26. The summed E-state index contributed by atoms with van der Waals surface area (Å²) in [4.78, 5) is 27.7. The standard InChI is InChI=1S/C22H19F3N6O2/c1-12-9-33-10-19(15-5-3-14(7-28-15)22(23,24)25)31(12)21(32)13-2-4-16-17(6-13)30-11-27-8-18(30)20(26)29-16/h2-8,11-12,19H,9-10H2,1H3,(H2,26,29)/t12-,19-/m1/s1. The van der Waals surface area contributed by atoms with Gasteiger partial charge in [0, 0.05) is 11.8 Å². The van der Waals surface area contributed by atoms with E-state index in [0.717, 1.165) is 12.3 Å². The summed E-state index contributed by atoms with van der Waals surface area (Å²) in [5.41, 5.74) is 7.75. The number of fused-ring (bicyclic) bond motifs is 3. The summed E-state index contributed by atoms with van der Waals surface area (Å²) in [7, 11) is 0. The van der Waals surface area contributed by atoms with Crippen LogP contribution in [0.4, 0.5) is 19.0 Å². The molecule has 1 aromatic carbocycles. The van der Waals surface area contributed by atoms with Crippen LogP contribution in [0.3, 0.4) is 0 Å². The Morgan fingerprint density at radius 1 is 1.15 bits per heavy atom. The first-order valence-corrected chi connectivity index (χ1v) is 10.2. The van der Waals surface area contributed by atoms with Crippen LogP contribution in [-0.2, 0) is 10.9 Å². The van der Waals surface area contributed by atoms with Gasteiger partial charge in [-0.1, -0.05) is 0 Å². The molecule has 8 nitrogen and oxygen atoms in total. The van der Waals surface area contributed by atoms with Crippen molar-refractivity contribution in [2.75, 3.05) is 18.9 Å². The van der Waals surface area contributed by atoms with Gasteiger partial charge in [-0.25, -0.2) is 9.97 Å². The van der Waals surface area contributed by atoms with E-state index in [1.165, 1.54) is 6.07 Å². The van der Waals surface area contributed by atoms with Crippen LogP contribution < -0.4 is 5.73 Å². The Bertz CT molecular complexity index is 1350. The number of pyridine rings is 1. The van der Waals surface area contributed by atoms with Crippen LogP contribution in [0.15, 0.2) is 49.1 Å². The zero-order valence-corrected chi connectivity index (χ0v) is 17.5. The highest BCUT2D eigenvalue weighted by Gasteiger charge is 2.36. The Labute approximate surface area is 185 Å². The molecule has 11 heteroatoms. The molecule has 1 fully saturated rings. The van der Waals surface area contributed by atoms with Crippen LogP contribution in [0.5, 0.6) is 0 Å². The zero-order valence-electron chi connectivity index (χ0n) is 17.5. The van der Waals surface area contributed by atoms with E-state index in [1.54, 1.807) is 40.0 Å². The van der Waals surface area contributed by atoms with E-state index in [1.807, 2.05) is 6.92 Å². The Balaban J connectivity index is 1.53. The number of nitrogen functional groups attached to an aromatic ring is 1. The Kier molecular flexibility index (Phi) is 4.93. The van der Waals surface area contributed by atoms with Crippen molar-refractivity contribution in [3.05, 3.63) is 65.9 Å². The number of carbonyl (C=O) groups excluding carboxylic acids is 1. The zero-order chi connectivity index (χ0) is 23.3. The fourth-order valence-corrected chi connectivity index (χ4v) is 4.11. The van der Waals surface area contributed by atoms with Crippen LogP contribution in [0.25, 0.3) is 16.6 Å². The van der Waals surface area contributed by atoms with E-state index in [9.17, 15) is 18.0 Å². The van der Waals surface area contributed by atoms with Crippen molar-refractivity contribution < 1.29 is 22.7 Å². The highest BCUT2D eigenvalue weighted by Crippen LogP contribution is 2.32. The van der Waals surface area contributed by atoms with Crippen LogP contribution in [0.1, 0.15) is 34.6 Å². The lowest BCUT2D eigenvalue weighted by Crippen LogP contribution is -2.49. The molecule has 1 aliphatic rings. The number of halogens is 3. The minimum atomic E-state index is -4.49. The molecule has 1 aliphatic heterocycles. The number of imidazole rings is 1. The number of anilines is 1. The lowest BCUT2D eigenvalue weighted by atomic mass is 10.0. The lowest BCUT2D eigenvalue weighted by Gasteiger charge is -2.40. The van der Waals surface area contributed by atoms with E-state index in [0.29, 0.717) is 40.2 Å². The molecule has 0 saturated carbocycles. The molecule has 2 N–H and O–H groups in total. The number of aromatic nitrogens is 4. The second kappa shape index (κ2) is 7.69. The number of ether oxygens (including phenoxy) is 1. The van der Waals surface area contributed by atoms with Gasteiger partial charge in [0.15, 0.2) is 0 Å². The molecule has 2 atom stereocenters. The van der Waals surface area contributed by atoms with Gasteiger partial charge in [-0.05, 0) is 37.3 Å². The van der Waals surface area contributed by atoms with Gasteiger partial charge in [0.1, 0.15) is 11.3 Å². The van der Waals surface area contributed by atoms with Crippen LogP contribution in [0, 0.1) is 0 Å². The van der Waals surface area contributed by atoms with E-state index < -0.39 is 17.8 Å². The van der Waals surface area contributed by atoms with Crippen molar-refractivity contribution in [1.29, 1.82) is 0 Å². The molecule has 0 radical (unpaired) electrons. The van der Waals surface area contributed by atoms with Crippen LogP contribution in [-0.4, -0.2) is 49.4 Å². The smallest absolute Gasteiger partial charge is 0.382 e. The molecule has 0 spiro atoms. The third-order valence-electron chi connectivity index (χ3n) is 5.76. The summed E-state index contributed by atoms with van der Waals surface area (Å²) in [5, 5.41) is 0. The Morgan fingerprint density at radius 2 is 1.97 bits per heavy atom. The maximum atomic E-state index is 13.6. The van der Waals surface area contributed by atoms with Gasteiger partial charge in [-0.15, -0.1) is 0 Å². The fraction of sp³-hybridized carbons (Fsp3) is 0.273. The van der Waals surface area contributed by atoms with Gasteiger partial charge in [0.2, 0.25) is 0 Å². The number of benzene rings is 1. The van der Waals surface area contributed by atoms with Gasteiger partial charge in [-0.2, -0.15) is 13.2 Å². The van der Waals surface area contributed by atoms with Crippen molar-refractivity contribution in [2.24, 2.45) is 0 Å². The number of carbonyl (C=O) groups is 1. The summed E-state index contributed by atoms with van der Waals surface area (Å²) >= 11 is 0. The molecule has 0 aliphatic carbocycles. The van der Waals surface area contributed by atoms with E-state index in [4.69, 9.17) is 10.5 Å². The molecule has 1 amide bonds. The predicted octanol–water partition coefficient (Wildman–Crippen LogP) is 3.48. The lowest BCUT2D eigenvalue weighted by molar-refractivity contribution is -0.137. The summed E-state index contributed by atoms with van der Waals surface area (Å²) in [6, 6.07) is 6.38. The van der Waals surface area contributed by atoms with Crippen LogP contribution >= 0.6 is 0 Å². The first-order valence-electron chi connectivity index (χ1n) is 10.2. The average Bonchev–Trinajstić information content (AvgIpc) is 3.29. The quantitative estimate of drug-likeness (QED) is 0.496. The van der Waals surface area contributed by atoms with E-state index in [-0.39, 0.29) is 18.6 Å². The van der Waals surface area contributed by atoms with Crippen LogP contribution in [0.2, 0.25) is 0 Å². The van der Waals surface area contributed by atoms with Crippen molar-refractivity contribution in [1.82, 2.24) is 24.3 Å². The second-order valence-corrected chi connectivity index (χ2v) is 7.93. The predicted molar refractivity (Wildman–Crippen MR) is 113 cm³/mol. The van der Waals surface area contributed by atoms with Crippen molar-refractivity contribution in [3.63, 3.8) is 0 Å². The molecule has 0 bridgehead atoms. The highest BCUT2D eigenvalue weighted by atomic mass is 19.4. The maximum absolute atomic E-state index is 13.6. The fourth-order valence-electron chi connectivity index (χ4n) is 4.11. The third-order valence-corrected chi connectivity index (χ3v) is 5.76. The van der Waals surface area contributed by atoms with Gasteiger partial charge < -0.3 is 15.4 Å². The minimum Gasteiger partial charge on any atom is -0.382 e. The summed E-state index contributed by atoms with van der Waals surface area (Å²) in [5.74, 6) is 0.0406. The molecule has 0 unspecified atom stereocenters. The molecule has 4 aromatic rings. The summed E-state index contributed by atoms with van der Waals surface area (Å²) in [6.07, 6.45) is -0.527.